The highest BCUT2D eigenvalue weighted by Gasteiger charge is 2.18. The Morgan fingerprint density at radius 1 is 1.47 bits per heavy atom. The average Bonchev–Trinajstić information content (AvgIpc) is 2.64. The van der Waals surface area contributed by atoms with Crippen LogP contribution in [-0.4, -0.2) is 36.0 Å². The molecule has 3 nitrogen and oxygen atoms in total. The van der Waals surface area contributed by atoms with Crippen LogP contribution in [-0.2, 0) is 6.54 Å². The molecule has 4 heteroatoms. The van der Waals surface area contributed by atoms with Gasteiger partial charge >= 0.3 is 6.03 Å². The van der Waals surface area contributed by atoms with E-state index in [9.17, 15) is 4.79 Å². The summed E-state index contributed by atoms with van der Waals surface area (Å²) in [5.74, 6) is 0. The standard InChI is InChI=1S/C11H18N2OS/c1-9(2)13(11(14)12(3)4)8-10-6-5-7-15-10/h5-7,9H,8H2,1-4H3. The SMILES string of the molecule is CC(C)N(Cc1cccs1)C(=O)N(C)C. The van der Waals surface area contributed by atoms with Crippen molar-refractivity contribution in [2.75, 3.05) is 14.1 Å². The Kier molecular flexibility index (Phi) is 4.15. The molecule has 0 unspecified atom stereocenters. The van der Waals surface area contributed by atoms with Crippen LogP contribution in [0.5, 0.6) is 0 Å². The summed E-state index contributed by atoms with van der Waals surface area (Å²) in [5, 5.41) is 2.04. The van der Waals surface area contributed by atoms with Gasteiger partial charge in [-0.1, -0.05) is 6.07 Å². The number of hydrogen-bond acceptors (Lipinski definition) is 2. The lowest BCUT2D eigenvalue weighted by molar-refractivity contribution is 0.154. The number of rotatable bonds is 3. The number of nitrogens with zero attached hydrogens (tertiary/aromatic N) is 2. The Balaban J connectivity index is 2.71. The van der Waals surface area contributed by atoms with E-state index < -0.39 is 0 Å². The molecule has 0 aliphatic rings. The largest absolute Gasteiger partial charge is 0.331 e. The number of urea groups is 1. The van der Waals surface area contributed by atoms with Crippen LogP contribution in [0.4, 0.5) is 4.79 Å². The maximum atomic E-state index is 11.9. The number of carbonyl (C=O) groups excluding carboxylic acids is 1. The van der Waals surface area contributed by atoms with Crippen molar-refractivity contribution in [3.05, 3.63) is 22.4 Å². The van der Waals surface area contributed by atoms with Gasteiger partial charge in [0.15, 0.2) is 0 Å². The summed E-state index contributed by atoms with van der Waals surface area (Å²) < 4.78 is 0. The third-order valence-corrected chi connectivity index (χ3v) is 3.02. The first-order chi connectivity index (χ1) is 7.02. The van der Waals surface area contributed by atoms with Crippen molar-refractivity contribution >= 4 is 17.4 Å². The zero-order valence-corrected chi connectivity index (χ0v) is 10.5. The van der Waals surface area contributed by atoms with Gasteiger partial charge in [0.1, 0.15) is 0 Å². The van der Waals surface area contributed by atoms with Gasteiger partial charge < -0.3 is 9.80 Å². The topological polar surface area (TPSA) is 23.6 Å². The van der Waals surface area contributed by atoms with Crippen molar-refractivity contribution in [3.8, 4) is 0 Å². The zero-order chi connectivity index (χ0) is 11.4. The molecule has 0 spiro atoms. The first kappa shape index (κ1) is 12.0. The third-order valence-electron chi connectivity index (χ3n) is 2.16. The molecule has 0 saturated carbocycles. The van der Waals surface area contributed by atoms with Crippen molar-refractivity contribution in [2.24, 2.45) is 0 Å². The summed E-state index contributed by atoms with van der Waals surface area (Å²) in [5.41, 5.74) is 0. The molecule has 0 aliphatic heterocycles. The zero-order valence-electron chi connectivity index (χ0n) is 9.73. The van der Waals surface area contributed by atoms with Gasteiger partial charge in [-0.25, -0.2) is 4.79 Å². The molecule has 84 valence electrons. The van der Waals surface area contributed by atoms with Crippen LogP contribution >= 0.6 is 11.3 Å². The van der Waals surface area contributed by atoms with E-state index >= 15 is 0 Å². The van der Waals surface area contributed by atoms with E-state index in [0.29, 0.717) is 6.54 Å². The molecule has 1 aromatic heterocycles. The molecule has 0 radical (unpaired) electrons. The maximum absolute atomic E-state index is 11.9. The predicted octanol–water partition coefficient (Wildman–Crippen LogP) is 2.64. The highest BCUT2D eigenvalue weighted by atomic mass is 32.1. The van der Waals surface area contributed by atoms with Crippen LogP contribution in [0.15, 0.2) is 17.5 Å². The Labute approximate surface area is 95.3 Å². The van der Waals surface area contributed by atoms with Crippen molar-refractivity contribution in [2.45, 2.75) is 26.4 Å². The van der Waals surface area contributed by atoms with Gasteiger partial charge in [0.2, 0.25) is 0 Å². The van der Waals surface area contributed by atoms with Crippen LogP contribution in [0, 0.1) is 0 Å². The van der Waals surface area contributed by atoms with Gasteiger partial charge in [-0.05, 0) is 25.3 Å². The molecular formula is C11H18N2OS. The Bertz CT molecular complexity index is 306. The van der Waals surface area contributed by atoms with E-state index in [0.717, 1.165) is 0 Å². The Morgan fingerprint density at radius 3 is 2.53 bits per heavy atom. The van der Waals surface area contributed by atoms with Crippen LogP contribution in [0.25, 0.3) is 0 Å². The highest BCUT2D eigenvalue weighted by molar-refractivity contribution is 7.09. The summed E-state index contributed by atoms with van der Waals surface area (Å²) in [6, 6.07) is 4.36. The molecule has 0 saturated heterocycles. The van der Waals surface area contributed by atoms with Gasteiger partial charge in [-0.15, -0.1) is 11.3 Å². The molecule has 1 heterocycles. The average molecular weight is 226 g/mol. The van der Waals surface area contributed by atoms with Crippen LogP contribution in [0.1, 0.15) is 18.7 Å². The summed E-state index contributed by atoms with van der Waals surface area (Å²) in [4.78, 5) is 16.6. The molecule has 0 aromatic carbocycles. The molecular weight excluding hydrogens is 208 g/mol. The first-order valence-electron chi connectivity index (χ1n) is 5.02. The second-order valence-electron chi connectivity index (χ2n) is 3.98. The normalized spacial score (nSPS) is 10.5. The second-order valence-corrected chi connectivity index (χ2v) is 5.01. The second kappa shape index (κ2) is 5.16. The number of amides is 2. The molecule has 15 heavy (non-hydrogen) atoms. The fraction of sp³-hybridized carbons (Fsp3) is 0.545. The third kappa shape index (κ3) is 3.23. The quantitative estimate of drug-likeness (QED) is 0.777. The predicted molar refractivity (Wildman–Crippen MR) is 64.1 cm³/mol. The minimum atomic E-state index is 0.0680. The monoisotopic (exact) mass is 226 g/mol. The number of thiophene rings is 1. The fourth-order valence-electron chi connectivity index (χ4n) is 1.30. The first-order valence-corrected chi connectivity index (χ1v) is 5.90. The summed E-state index contributed by atoms with van der Waals surface area (Å²) in [7, 11) is 3.57. The molecule has 0 bridgehead atoms. The lowest BCUT2D eigenvalue weighted by Gasteiger charge is -2.29. The maximum Gasteiger partial charge on any atom is 0.320 e. The molecule has 1 rings (SSSR count). The fourth-order valence-corrected chi connectivity index (χ4v) is 2.00. The molecule has 2 amide bonds. The molecule has 0 fully saturated rings. The summed E-state index contributed by atoms with van der Waals surface area (Å²) in [6.07, 6.45) is 0. The van der Waals surface area contributed by atoms with E-state index in [-0.39, 0.29) is 12.1 Å². The molecule has 0 N–H and O–H groups in total. The van der Waals surface area contributed by atoms with Gasteiger partial charge in [-0.2, -0.15) is 0 Å². The van der Waals surface area contributed by atoms with Gasteiger partial charge in [0.25, 0.3) is 0 Å². The lowest BCUT2D eigenvalue weighted by Crippen LogP contribution is -2.42. The number of hydrogen-bond donors (Lipinski definition) is 0. The van der Waals surface area contributed by atoms with E-state index in [4.69, 9.17) is 0 Å². The van der Waals surface area contributed by atoms with Crippen LogP contribution in [0.3, 0.4) is 0 Å². The van der Waals surface area contributed by atoms with Crippen molar-refractivity contribution in [1.82, 2.24) is 9.80 Å². The van der Waals surface area contributed by atoms with E-state index in [2.05, 4.69) is 6.07 Å². The van der Waals surface area contributed by atoms with Crippen molar-refractivity contribution < 1.29 is 4.79 Å². The van der Waals surface area contributed by atoms with Crippen molar-refractivity contribution in [3.63, 3.8) is 0 Å². The van der Waals surface area contributed by atoms with Gasteiger partial charge in [0, 0.05) is 25.0 Å². The van der Waals surface area contributed by atoms with Gasteiger partial charge in [0.05, 0.1) is 6.54 Å². The summed E-state index contributed by atoms with van der Waals surface area (Å²) in [6.45, 7) is 4.77. The lowest BCUT2D eigenvalue weighted by atomic mass is 10.3. The highest BCUT2D eigenvalue weighted by Crippen LogP contribution is 2.14. The minimum absolute atomic E-state index is 0.0680. The Morgan fingerprint density at radius 2 is 2.13 bits per heavy atom. The van der Waals surface area contributed by atoms with E-state index in [1.165, 1.54) is 4.88 Å². The van der Waals surface area contributed by atoms with Crippen LogP contribution < -0.4 is 0 Å². The summed E-state index contributed by atoms with van der Waals surface area (Å²) >= 11 is 1.69. The molecule has 0 atom stereocenters. The van der Waals surface area contributed by atoms with Crippen LogP contribution in [0.2, 0.25) is 0 Å². The van der Waals surface area contributed by atoms with E-state index in [1.54, 1.807) is 30.3 Å². The molecule has 1 aromatic rings. The van der Waals surface area contributed by atoms with E-state index in [1.807, 2.05) is 30.2 Å². The smallest absolute Gasteiger partial charge is 0.320 e. The van der Waals surface area contributed by atoms with Gasteiger partial charge in [-0.3, -0.25) is 0 Å². The Hall–Kier alpha value is -1.03. The van der Waals surface area contributed by atoms with Crippen molar-refractivity contribution in [1.29, 1.82) is 0 Å². The minimum Gasteiger partial charge on any atom is -0.331 e. The number of carbonyl (C=O) groups is 1. The molecule has 0 aliphatic carbocycles.